The first-order chi connectivity index (χ1) is 12.7. The van der Waals surface area contributed by atoms with Crippen LogP contribution in [0, 0.1) is 0 Å². The molecule has 3 rings (SSSR count). The minimum Gasteiger partial charge on any atom is -0.457 e. The van der Waals surface area contributed by atoms with Gasteiger partial charge in [-0.15, -0.1) is 0 Å². The molecule has 132 valence electrons. The molecule has 1 amide bonds. The van der Waals surface area contributed by atoms with Crippen LogP contribution in [0.25, 0.3) is 0 Å². The fraction of sp³-hybridized carbons (Fsp3) is 0.182. The highest BCUT2D eigenvalue weighted by molar-refractivity contribution is 5.92. The number of aromatic nitrogens is 1. The van der Waals surface area contributed by atoms with Crippen molar-refractivity contribution < 1.29 is 9.53 Å². The number of amides is 1. The molecule has 0 aliphatic heterocycles. The summed E-state index contributed by atoms with van der Waals surface area (Å²) in [7, 11) is 1.80. The third-order valence-electron chi connectivity index (χ3n) is 4.13. The number of ether oxygens (including phenoxy) is 1. The number of benzene rings is 2. The molecule has 0 fully saturated rings. The number of carbonyl (C=O) groups excluding carboxylic acids is 1. The lowest BCUT2D eigenvalue weighted by molar-refractivity contribution is -0.118. The molecule has 1 heterocycles. The molecule has 0 radical (unpaired) electrons. The van der Waals surface area contributed by atoms with Crippen molar-refractivity contribution in [3.8, 4) is 11.5 Å². The van der Waals surface area contributed by atoms with Gasteiger partial charge in [0.05, 0.1) is 0 Å². The lowest BCUT2D eigenvalue weighted by atomic mass is 10.1. The SMILES string of the molecule is CN(C(=O)CCCc1ccccn1)c1ccc(Oc2ccccc2)cc1. The van der Waals surface area contributed by atoms with Gasteiger partial charge in [0.15, 0.2) is 0 Å². The fourth-order valence-electron chi connectivity index (χ4n) is 2.64. The second-order valence-corrected chi connectivity index (χ2v) is 6.04. The third-order valence-corrected chi connectivity index (χ3v) is 4.13. The van der Waals surface area contributed by atoms with Crippen LogP contribution >= 0.6 is 0 Å². The van der Waals surface area contributed by atoms with E-state index in [1.54, 1.807) is 18.1 Å². The number of hydrogen-bond acceptors (Lipinski definition) is 3. The third kappa shape index (κ3) is 4.93. The second kappa shape index (κ2) is 8.81. The van der Waals surface area contributed by atoms with E-state index in [4.69, 9.17) is 4.74 Å². The molecule has 0 saturated heterocycles. The first-order valence-corrected chi connectivity index (χ1v) is 8.72. The van der Waals surface area contributed by atoms with Crippen LogP contribution in [0.2, 0.25) is 0 Å². The molecule has 0 unspecified atom stereocenters. The monoisotopic (exact) mass is 346 g/mol. The van der Waals surface area contributed by atoms with Gasteiger partial charge < -0.3 is 9.64 Å². The molecule has 0 N–H and O–H groups in total. The topological polar surface area (TPSA) is 42.4 Å². The quantitative estimate of drug-likeness (QED) is 0.613. The van der Waals surface area contributed by atoms with Gasteiger partial charge in [-0.05, 0) is 61.4 Å². The highest BCUT2D eigenvalue weighted by Crippen LogP contribution is 2.24. The summed E-state index contributed by atoms with van der Waals surface area (Å²) in [5, 5.41) is 0. The molecule has 4 nitrogen and oxygen atoms in total. The van der Waals surface area contributed by atoms with Crippen LogP contribution in [0.5, 0.6) is 11.5 Å². The maximum Gasteiger partial charge on any atom is 0.226 e. The van der Waals surface area contributed by atoms with Crippen LogP contribution < -0.4 is 9.64 Å². The van der Waals surface area contributed by atoms with Gasteiger partial charge in [-0.2, -0.15) is 0 Å². The van der Waals surface area contributed by atoms with E-state index >= 15 is 0 Å². The van der Waals surface area contributed by atoms with Crippen LogP contribution in [0.3, 0.4) is 0 Å². The van der Waals surface area contributed by atoms with Gasteiger partial charge >= 0.3 is 0 Å². The van der Waals surface area contributed by atoms with Gasteiger partial charge in [-0.1, -0.05) is 24.3 Å². The van der Waals surface area contributed by atoms with Crippen molar-refractivity contribution >= 4 is 11.6 Å². The van der Waals surface area contributed by atoms with Crippen LogP contribution in [0.15, 0.2) is 79.0 Å². The molecule has 1 aromatic heterocycles. The maximum absolute atomic E-state index is 12.4. The van der Waals surface area contributed by atoms with Crippen molar-refractivity contribution in [3.63, 3.8) is 0 Å². The Morgan fingerprint density at radius 2 is 1.62 bits per heavy atom. The smallest absolute Gasteiger partial charge is 0.226 e. The highest BCUT2D eigenvalue weighted by atomic mass is 16.5. The number of nitrogens with zero attached hydrogens (tertiary/aromatic N) is 2. The summed E-state index contributed by atoms with van der Waals surface area (Å²) in [6.45, 7) is 0. The predicted octanol–water partition coefficient (Wildman–Crippen LogP) is 4.86. The fourth-order valence-corrected chi connectivity index (χ4v) is 2.64. The molecular weight excluding hydrogens is 324 g/mol. The molecule has 0 aliphatic carbocycles. The number of para-hydroxylation sites is 1. The number of rotatable bonds is 7. The first kappa shape index (κ1) is 17.7. The van der Waals surface area contributed by atoms with E-state index in [9.17, 15) is 4.79 Å². The predicted molar refractivity (Wildman–Crippen MR) is 104 cm³/mol. The molecule has 2 aromatic carbocycles. The molecule has 0 spiro atoms. The maximum atomic E-state index is 12.4. The van der Waals surface area contributed by atoms with Crippen molar-refractivity contribution in [2.75, 3.05) is 11.9 Å². The standard InChI is InChI=1S/C22H22N2O2/c1-24(22(25)12-7-9-18-8-5-6-17-23-18)19-13-15-21(16-14-19)26-20-10-3-2-4-11-20/h2-6,8,10-11,13-17H,7,9,12H2,1H3. The second-order valence-electron chi connectivity index (χ2n) is 6.04. The van der Waals surface area contributed by atoms with Crippen LogP contribution in [-0.4, -0.2) is 17.9 Å². The summed E-state index contributed by atoms with van der Waals surface area (Å²) < 4.78 is 5.78. The zero-order chi connectivity index (χ0) is 18.2. The van der Waals surface area contributed by atoms with Gasteiger partial charge in [0.1, 0.15) is 11.5 Å². The number of anilines is 1. The minimum absolute atomic E-state index is 0.0951. The number of carbonyl (C=O) groups is 1. The average Bonchev–Trinajstić information content (AvgIpc) is 2.69. The van der Waals surface area contributed by atoms with E-state index in [2.05, 4.69) is 4.98 Å². The van der Waals surface area contributed by atoms with E-state index in [1.807, 2.05) is 72.8 Å². The Bertz CT molecular complexity index is 818. The largest absolute Gasteiger partial charge is 0.457 e. The Kier molecular flexibility index (Phi) is 5.99. The van der Waals surface area contributed by atoms with Gasteiger partial charge in [-0.25, -0.2) is 0 Å². The van der Waals surface area contributed by atoms with Crippen molar-refractivity contribution in [2.24, 2.45) is 0 Å². The molecule has 0 saturated carbocycles. The van der Waals surface area contributed by atoms with E-state index < -0.39 is 0 Å². The molecular formula is C22H22N2O2. The molecule has 26 heavy (non-hydrogen) atoms. The van der Waals surface area contributed by atoms with Crippen molar-refractivity contribution in [1.29, 1.82) is 0 Å². The van der Waals surface area contributed by atoms with Crippen molar-refractivity contribution in [2.45, 2.75) is 19.3 Å². The summed E-state index contributed by atoms with van der Waals surface area (Å²) in [5.41, 5.74) is 1.87. The summed E-state index contributed by atoms with van der Waals surface area (Å²) in [6, 6.07) is 23.0. The Morgan fingerprint density at radius 1 is 0.923 bits per heavy atom. The number of hydrogen-bond donors (Lipinski definition) is 0. The van der Waals surface area contributed by atoms with E-state index in [0.29, 0.717) is 6.42 Å². The molecule has 4 heteroatoms. The van der Waals surface area contributed by atoms with Gasteiger partial charge in [0.2, 0.25) is 5.91 Å². The summed E-state index contributed by atoms with van der Waals surface area (Å²) in [4.78, 5) is 18.4. The van der Waals surface area contributed by atoms with Gasteiger partial charge in [-0.3, -0.25) is 9.78 Å². The highest BCUT2D eigenvalue weighted by Gasteiger charge is 2.11. The van der Waals surface area contributed by atoms with Crippen LogP contribution in [-0.2, 0) is 11.2 Å². The Balaban J connectivity index is 1.52. The Labute approximate surface area is 154 Å². The lowest BCUT2D eigenvalue weighted by Gasteiger charge is -2.18. The van der Waals surface area contributed by atoms with Crippen LogP contribution in [0.4, 0.5) is 5.69 Å². The first-order valence-electron chi connectivity index (χ1n) is 8.72. The number of pyridine rings is 1. The summed E-state index contributed by atoms with van der Waals surface area (Å²) in [6.07, 6.45) is 3.87. The van der Waals surface area contributed by atoms with Crippen molar-refractivity contribution in [3.05, 3.63) is 84.7 Å². The number of aryl methyl sites for hydroxylation is 1. The van der Waals surface area contributed by atoms with Crippen molar-refractivity contribution in [1.82, 2.24) is 4.98 Å². The molecule has 0 bridgehead atoms. The lowest BCUT2D eigenvalue weighted by Crippen LogP contribution is -2.25. The van der Waals surface area contributed by atoms with Crippen LogP contribution in [0.1, 0.15) is 18.5 Å². The van der Waals surface area contributed by atoms with E-state index in [-0.39, 0.29) is 5.91 Å². The normalized spacial score (nSPS) is 10.3. The zero-order valence-electron chi connectivity index (χ0n) is 14.8. The molecule has 0 atom stereocenters. The van der Waals surface area contributed by atoms with Gasteiger partial charge in [0.25, 0.3) is 0 Å². The molecule has 0 aliphatic rings. The average molecular weight is 346 g/mol. The molecule has 3 aromatic rings. The summed E-state index contributed by atoms with van der Waals surface area (Å²) in [5.74, 6) is 1.63. The summed E-state index contributed by atoms with van der Waals surface area (Å²) >= 11 is 0. The Hall–Kier alpha value is -3.14. The zero-order valence-corrected chi connectivity index (χ0v) is 14.8. The van der Waals surface area contributed by atoms with Gasteiger partial charge in [0, 0.05) is 31.0 Å². The Morgan fingerprint density at radius 3 is 2.31 bits per heavy atom. The van der Waals surface area contributed by atoms with E-state index in [0.717, 1.165) is 35.7 Å². The van der Waals surface area contributed by atoms with E-state index in [1.165, 1.54) is 0 Å². The minimum atomic E-state index is 0.0951.